The summed E-state index contributed by atoms with van der Waals surface area (Å²) in [6.07, 6.45) is 13.5. The van der Waals surface area contributed by atoms with Crippen LogP contribution in [0.15, 0.2) is 0 Å². The van der Waals surface area contributed by atoms with Gasteiger partial charge < -0.3 is 10.1 Å². The molecule has 1 saturated heterocycles. The molecule has 2 aliphatic rings. The van der Waals surface area contributed by atoms with Crippen LogP contribution in [0.2, 0.25) is 0 Å². The maximum atomic E-state index is 6.24. The van der Waals surface area contributed by atoms with E-state index >= 15 is 0 Å². The quantitative estimate of drug-likeness (QED) is 0.720. The van der Waals surface area contributed by atoms with Crippen molar-refractivity contribution in [1.82, 2.24) is 5.32 Å². The summed E-state index contributed by atoms with van der Waals surface area (Å²) in [5.74, 6) is 1.65. The molecule has 0 amide bonds. The minimum Gasteiger partial charge on any atom is -0.375 e. The molecule has 0 bridgehead atoms. The molecule has 2 fully saturated rings. The third-order valence-corrected chi connectivity index (χ3v) is 5.71. The van der Waals surface area contributed by atoms with E-state index in [1.165, 1.54) is 70.8 Å². The molecule has 2 atom stereocenters. The summed E-state index contributed by atoms with van der Waals surface area (Å²) in [4.78, 5) is 0. The second kappa shape index (κ2) is 8.53. The van der Waals surface area contributed by atoms with Gasteiger partial charge in [-0.25, -0.2) is 0 Å². The van der Waals surface area contributed by atoms with Crippen LogP contribution in [0.4, 0.5) is 0 Å². The van der Waals surface area contributed by atoms with Crippen molar-refractivity contribution in [3.63, 3.8) is 0 Å². The molecule has 1 heterocycles. The van der Waals surface area contributed by atoms with E-state index in [0.717, 1.165) is 18.4 Å². The predicted molar refractivity (Wildman–Crippen MR) is 90.6 cm³/mol. The molecule has 0 aromatic rings. The molecule has 124 valence electrons. The smallest absolute Gasteiger partial charge is 0.0685 e. The van der Waals surface area contributed by atoms with Gasteiger partial charge in [0.25, 0.3) is 0 Å². The first-order chi connectivity index (χ1) is 10.2. The van der Waals surface area contributed by atoms with Crippen LogP contribution in [0.25, 0.3) is 0 Å². The van der Waals surface area contributed by atoms with Crippen molar-refractivity contribution in [2.75, 3.05) is 13.2 Å². The van der Waals surface area contributed by atoms with Crippen molar-refractivity contribution < 1.29 is 4.74 Å². The van der Waals surface area contributed by atoms with Crippen LogP contribution < -0.4 is 5.32 Å². The highest BCUT2D eigenvalue weighted by Crippen LogP contribution is 2.42. The van der Waals surface area contributed by atoms with E-state index < -0.39 is 0 Å². The summed E-state index contributed by atoms with van der Waals surface area (Å²) in [6, 6.07) is 0.704. The Balaban J connectivity index is 1.78. The SMILES string of the molecule is CCCNC(CCC1CCOC2(CCCCC2)C1)C(C)C. The van der Waals surface area contributed by atoms with Gasteiger partial charge in [0.2, 0.25) is 0 Å². The predicted octanol–water partition coefficient (Wildman–Crippen LogP) is 4.92. The highest BCUT2D eigenvalue weighted by atomic mass is 16.5. The van der Waals surface area contributed by atoms with Gasteiger partial charge in [0, 0.05) is 12.6 Å². The van der Waals surface area contributed by atoms with Gasteiger partial charge in [-0.3, -0.25) is 0 Å². The van der Waals surface area contributed by atoms with Crippen molar-refractivity contribution in [2.45, 2.75) is 96.6 Å². The Bertz CT molecular complexity index is 278. The minimum absolute atomic E-state index is 0.283. The topological polar surface area (TPSA) is 21.3 Å². The molecule has 2 rings (SSSR count). The Morgan fingerprint density at radius 1 is 1.19 bits per heavy atom. The molecule has 0 aromatic heterocycles. The van der Waals surface area contributed by atoms with Crippen molar-refractivity contribution in [3.05, 3.63) is 0 Å². The van der Waals surface area contributed by atoms with Gasteiger partial charge >= 0.3 is 0 Å². The van der Waals surface area contributed by atoms with Crippen LogP contribution in [-0.2, 0) is 4.74 Å². The molecular weight excluding hydrogens is 258 g/mol. The highest BCUT2D eigenvalue weighted by Gasteiger charge is 2.38. The van der Waals surface area contributed by atoms with Gasteiger partial charge in [0.05, 0.1) is 5.60 Å². The van der Waals surface area contributed by atoms with Crippen LogP contribution in [-0.4, -0.2) is 24.8 Å². The normalized spacial score (nSPS) is 27.1. The van der Waals surface area contributed by atoms with Crippen LogP contribution in [0.5, 0.6) is 0 Å². The average molecular weight is 296 g/mol. The number of rotatable bonds is 7. The number of nitrogens with one attached hydrogen (secondary N) is 1. The molecule has 1 spiro atoms. The van der Waals surface area contributed by atoms with Crippen LogP contribution in [0, 0.1) is 11.8 Å². The number of hydrogen-bond acceptors (Lipinski definition) is 2. The zero-order chi connectivity index (χ0) is 15.1. The lowest BCUT2D eigenvalue weighted by Gasteiger charge is -2.44. The van der Waals surface area contributed by atoms with E-state index in [1.807, 2.05) is 0 Å². The van der Waals surface area contributed by atoms with Crippen molar-refractivity contribution >= 4 is 0 Å². The second-order valence-corrected chi connectivity index (χ2v) is 7.83. The first kappa shape index (κ1) is 17.3. The monoisotopic (exact) mass is 295 g/mol. The third kappa shape index (κ3) is 5.25. The molecule has 2 nitrogen and oxygen atoms in total. The van der Waals surface area contributed by atoms with Crippen molar-refractivity contribution in [3.8, 4) is 0 Å². The van der Waals surface area contributed by atoms with Gasteiger partial charge in [-0.15, -0.1) is 0 Å². The van der Waals surface area contributed by atoms with E-state index in [-0.39, 0.29) is 5.60 Å². The Morgan fingerprint density at radius 3 is 2.62 bits per heavy atom. The van der Waals surface area contributed by atoms with E-state index in [0.29, 0.717) is 6.04 Å². The summed E-state index contributed by atoms with van der Waals surface area (Å²) >= 11 is 0. The fourth-order valence-electron chi connectivity index (χ4n) is 4.34. The largest absolute Gasteiger partial charge is 0.375 e. The molecule has 2 heteroatoms. The maximum Gasteiger partial charge on any atom is 0.0685 e. The summed E-state index contributed by atoms with van der Waals surface area (Å²) in [6.45, 7) is 9.16. The van der Waals surface area contributed by atoms with E-state index in [9.17, 15) is 0 Å². The third-order valence-electron chi connectivity index (χ3n) is 5.71. The molecule has 2 unspecified atom stereocenters. The standard InChI is InChI=1S/C19H37NO/c1-4-13-20-18(16(2)3)9-8-17-10-14-21-19(15-17)11-6-5-7-12-19/h16-18,20H,4-15H2,1-3H3. The van der Waals surface area contributed by atoms with Gasteiger partial charge in [-0.2, -0.15) is 0 Å². The highest BCUT2D eigenvalue weighted by molar-refractivity contribution is 4.90. The Labute approximate surface area is 132 Å². The Kier molecular flexibility index (Phi) is 7.01. The lowest BCUT2D eigenvalue weighted by molar-refractivity contribution is -0.118. The van der Waals surface area contributed by atoms with Crippen molar-refractivity contribution in [1.29, 1.82) is 0 Å². The van der Waals surface area contributed by atoms with E-state index in [4.69, 9.17) is 4.74 Å². The van der Waals surface area contributed by atoms with Gasteiger partial charge in [-0.05, 0) is 63.3 Å². The molecule has 1 N–H and O–H groups in total. The minimum atomic E-state index is 0.283. The van der Waals surface area contributed by atoms with Crippen molar-refractivity contribution in [2.24, 2.45) is 11.8 Å². The number of ether oxygens (including phenoxy) is 1. The molecule has 1 aliphatic heterocycles. The van der Waals surface area contributed by atoms with Gasteiger partial charge in [-0.1, -0.05) is 40.0 Å². The fraction of sp³-hybridized carbons (Fsp3) is 1.00. The van der Waals surface area contributed by atoms with Crippen LogP contribution >= 0.6 is 0 Å². The average Bonchev–Trinajstić information content (AvgIpc) is 2.48. The summed E-state index contributed by atoms with van der Waals surface area (Å²) in [7, 11) is 0. The van der Waals surface area contributed by atoms with Crippen LogP contribution in [0.1, 0.15) is 85.0 Å². The van der Waals surface area contributed by atoms with Crippen LogP contribution in [0.3, 0.4) is 0 Å². The molecular formula is C19H37NO. The lowest BCUT2D eigenvalue weighted by atomic mass is 9.74. The zero-order valence-corrected chi connectivity index (χ0v) is 14.6. The molecule has 0 aromatic carbocycles. The summed E-state index contributed by atoms with van der Waals surface area (Å²) in [5, 5.41) is 3.75. The van der Waals surface area contributed by atoms with E-state index in [2.05, 4.69) is 26.1 Å². The first-order valence-electron chi connectivity index (χ1n) is 9.52. The Hall–Kier alpha value is -0.0800. The summed E-state index contributed by atoms with van der Waals surface area (Å²) in [5.41, 5.74) is 0.283. The molecule has 0 radical (unpaired) electrons. The molecule has 21 heavy (non-hydrogen) atoms. The number of hydrogen-bond donors (Lipinski definition) is 1. The first-order valence-corrected chi connectivity index (χ1v) is 9.52. The Morgan fingerprint density at radius 2 is 1.95 bits per heavy atom. The fourth-order valence-corrected chi connectivity index (χ4v) is 4.34. The van der Waals surface area contributed by atoms with Gasteiger partial charge in [0.1, 0.15) is 0 Å². The zero-order valence-electron chi connectivity index (χ0n) is 14.6. The van der Waals surface area contributed by atoms with Gasteiger partial charge in [0.15, 0.2) is 0 Å². The molecule has 1 aliphatic carbocycles. The lowest BCUT2D eigenvalue weighted by Crippen LogP contribution is -2.42. The second-order valence-electron chi connectivity index (χ2n) is 7.83. The van der Waals surface area contributed by atoms with E-state index in [1.54, 1.807) is 0 Å². The summed E-state index contributed by atoms with van der Waals surface area (Å²) < 4.78 is 6.24. The maximum absolute atomic E-state index is 6.24. The molecule has 1 saturated carbocycles.